The molecule has 26 heavy (non-hydrogen) atoms. The zero-order valence-corrected chi connectivity index (χ0v) is 15.6. The average molecular weight is 356 g/mol. The Bertz CT molecular complexity index is 766. The van der Waals surface area contributed by atoms with Crippen molar-refractivity contribution in [1.29, 1.82) is 0 Å². The largest absolute Gasteiger partial charge is 0.378 e. The lowest BCUT2D eigenvalue weighted by atomic mass is 9.96. The predicted molar refractivity (Wildman–Crippen MR) is 101 cm³/mol. The number of piperidine rings is 1. The summed E-state index contributed by atoms with van der Waals surface area (Å²) in [6, 6.07) is 8.32. The van der Waals surface area contributed by atoms with Gasteiger partial charge in [-0.15, -0.1) is 0 Å². The second kappa shape index (κ2) is 7.76. The Morgan fingerprint density at radius 2 is 2.04 bits per heavy atom. The number of imidazole rings is 1. The molecule has 140 valence electrons. The van der Waals surface area contributed by atoms with Crippen molar-refractivity contribution in [1.82, 2.24) is 19.4 Å². The number of likely N-dealkylation sites (tertiary alicyclic amines) is 1. The Balaban J connectivity index is 1.46. The van der Waals surface area contributed by atoms with E-state index in [1.54, 1.807) is 0 Å². The molecule has 1 amide bonds. The summed E-state index contributed by atoms with van der Waals surface area (Å²) in [5.74, 6) is 1.52. The van der Waals surface area contributed by atoms with E-state index < -0.39 is 0 Å². The summed E-state index contributed by atoms with van der Waals surface area (Å²) >= 11 is 0. The zero-order chi connectivity index (χ0) is 17.9. The molecule has 6 heteroatoms. The molecule has 0 aliphatic carbocycles. The average Bonchev–Trinajstić information content (AvgIpc) is 3.05. The van der Waals surface area contributed by atoms with Gasteiger partial charge in [-0.05, 0) is 38.4 Å². The molecule has 2 aliphatic rings. The van der Waals surface area contributed by atoms with Crippen molar-refractivity contribution in [2.24, 2.45) is 5.92 Å². The number of carbonyl (C=O) groups excluding carboxylic acids is 1. The summed E-state index contributed by atoms with van der Waals surface area (Å²) in [5.41, 5.74) is 2.25. The van der Waals surface area contributed by atoms with E-state index in [0.717, 1.165) is 63.5 Å². The van der Waals surface area contributed by atoms with Gasteiger partial charge in [0.25, 0.3) is 0 Å². The van der Waals surface area contributed by atoms with Gasteiger partial charge in [-0.25, -0.2) is 4.98 Å². The maximum Gasteiger partial charge on any atom is 0.227 e. The molecule has 0 radical (unpaired) electrons. The number of para-hydroxylation sites is 2. The van der Waals surface area contributed by atoms with Crippen LogP contribution in [-0.4, -0.2) is 64.7 Å². The fraction of sp³-hybridized carbons (Fsp3) is 0.600. The zero-order valence-electron chi connectivity index (χ0n) is 15.6. The number of aromatic nitrogens is 2. The summed E-state index contributed by atoms with van der Waals surface area (Å²) in [5, 5.41) is 0. The lowest BCUT2D eigenvalue weighted by Gasteiger charge is -2.36. The number of nitrogens with zero attached hydrogens (tertiary/aromatic N) is 4. The Kier molecular flexibility index (Phi) is 5.22. The predicted octanol–water partition coefficient (Wildman–Crippen LogP) is 2.13. The van der Waals surface area contributed by atoms with Gasteiger partial charge in [0.05, 0.1) is 36.7 Å². The molecular weight excluding hydrogens is 328 g/mol. The van der Waals surface area contributed by atoms with Gasteiger partial charge < -0.3 is 14.2 Å². The van der Waals surface area contributed by atoms with Gasteiger partial charge in [-0.1, -0.05) is 12.1 Å². The number of carbonyl (C=O) groups is 1. The van der Waals surface area contributed by atoms with Crippen molar-refractivity contribution in [3.8, 4) is 0 Å². The monoisotopic (exact) mass is 356 g/mol. The van der Waals surface area contributed by atoms with Gasteiger partial charge in [-0.3, -0.25) is 9.69 Å². The van der Waals surface area contributed by atoms with Crippen LogP contribution in [0.15, 0.2) is 24.3 Å². The highest BCUT2D eigenvalue weighted by molar-refractivity contribution is 5.79. The lowest BCUT2D eigenvalue weighted by molar-refractivity contribution is -0.141. The maximum atomic E-state index is 12.8. The molecule has 1 aromatic heterocycles. The first-order chi connectivity index (χ1) is 12.8. The summed E-state index contributed by atoms with van der Waals surface area (Å²) in [4.78, 5) is 22.1. The van der Waals surface area contributed by atoms with E-state index in [-0.39, 0.29) is 5.92 Å². The third kappa shape index (κ3) is 3.48. The van der Waals surface area contributed by atoms with Crippen LogP contribution in [-0.2, 0) is 22.6 Å². The summed E-state index contributed by atoms with van der Waals surface area (Å²) < 4.78 is 7.67. The Morgan fingerprint density at radius 3 is 2.85 bits per heavy atom. The van der Waals surface area contributed by atoms with Crippen LogP contribution in [0.3, 0.4) is 0 Å². The number of morpholine rings is 1. The van der Waals surface area contributed by atoms with E-state index in [0.29, 0.717) is 19.1 Å². The van der Waals surface area contributed by atoms with Crippen molar-refractivity contribution in [3.63, 3.8) is 0 Å². The lowest BCUT2D eigenvalue weighted by Crippen LogP contribution is -2.48. The Hall–Kier alpha value is -1.92. The van der Waals surface area contributed by atoms with Crippen LogP contribution < -0.4 is 0 Å². The third-order valence-electron chi connectivity index (χ3n) is 5.59. The Labute approximate surface area is 154 Å². The van der Waals surface area contributed by atoms with Crippen LogP contribution in [0.5, 0.6) is 0 Å². The summed E-state index contributed by atoms with van der Waals surface area (Å²) in [6.07, 6.45) is 2.07. The highest BCUT2D eigenvalue weighted by Crippen LogP contribution is 2.23. The van der Waals surface area contributed by atoms with Crippen molar-refractivity contribution in [3.05, 3.63) is 30.1 Å². The van der Waals surface area contributed by atoms with E-state index in [1.807, 2.05) is 11.0 Å². The second-order valence-electron chi connectivity index (χ2n) is 7.27. The van der Waals surface area contributed by atoms with Gasteiger partial charge in [0.2, 0.25) is 5.91 Å². The van der Waals surface area contributed by atoms with Crippen molar-refractivity contribution in [2.45, 2.75) is 32.9 Å². The maximum absolute atomic E-state index is 12.8. The number of benzene rings is 1. The van der Waals surface area contributed by atoms with Gasteiger partial charge in [0, 0.05) is 26.2 Å². The first-order valence-electron chi connectivity index (χ1n) is 9.79. The highest BCUT2D eigenvalue weighted by Gasteiger charge is 2.30. The molecule has 1 aromatic carbocycles. The first kappa shape index (κ1) is 17.5. The smallest absolute Gasteiger partial charge is 0.227 e. The van der Waals surface area contributed by atoms with E-state index in [4.69, 9.17) is 9.72 Å². The molecule has 3 heterocycles. The SMILES string of the molecule is CCn1c(CN2CCC[C@H](C(=O)N3CCOCC3)C2)nc2ccccc21. The minimum absolute atomic E-state index is 0.112. The van der Waals surface area contributed by atoms with Gasteiger partial charge >= 0.3 is 0 Å². The van der Waals surface area contributed by atoms with Crippen LogP contribution in [0.4, 0.5) is 0 Å². The summed E-state index contributed by atoms with van der Waals surface area (Å²) in [6.45, 7) is 8.59. The fourth-order valence-electron chi connectivity index (χ4n) is 4.24. The van der Waals surface area contributed by atoms with E-state index in [9.17, 15) is 4.79 Å². The van der Waals surface area contributed by atoms with Gasteiger partial charge in [-0.2, -0.15) is 0 Å². The number of hydrogen-bond donors (Lipinski definition) is 0. The molecule has 0 spiro atoms. The quantitative estimate of drug-likeness (QED) is 0.842. The molecule has 2 aliphatic heterocycles. The van der Waals surface area contributed by atoms with E-state index >= 15 is 0 Å². The number of rotatable bonds is 4. The summed E-state index contributed by atoms with van der Waals surface area (Å²) in [7, 11) is 0. The topological polar surface area (TPSA) is 50.6 Å². The standard InChI is InChI=1S/C20H28N4O2/c1-2-24-18-8-4-3-7-17(18)21-19(24)15-22-9-5-6-16(14-22)20(25)23-10-12-26-13-11-23/h3-4,7-8,16H,2,5-6,9-15H2,1H3/t16-/m0/s1. The van der Waals surface area contributed by atoms with Crippen molar-refractivity contribution >= 4 is 16.9 Å². The van der Waals surface area contributed by atoms with Crippen LogP contribution in [0.1, 0.15) is 25.6 Å². The highest BCUT2D eigenvalue weighted by atomic mass is 16.5. The van der Waals surface area contributed by atoms with Gasteiger partial charge in [0.15, 0.2) is 0 Å². The molecular formula is C20H28N4O2. The Morgan fingerprint density at radius 1 is 1.23 bits per heavy atom. The van der Waals surface area contributed by atoms with Crippen molar-refractivity contribution in [2.75, 3.05) is 39.4 Å². The van der Waals surface area contributed by atoms with E-state index in [1.165, 1.54) is 5.52 Å². The molecule has 1 atom stereocenters. The number of ether oxygens (including phenoxy) is 1. The molecule has 6 nitrogen and oxygen atoms in total. The molecule has 0 unspecified atom stereocenters. The van der Waals surface area contributed by atoms with Crippen LogP contribution in [0.2, 0.25) is 0 Å². The molecule has 0 saturated carbocycles. The van der Waals surface area contributed by atoms with Crippen molar-refractivity contribution < 1.29 is 9.53 Å². The fourth-order valence-corrected chi connectivity index (χ4v) is 4.24. The number of fused-ring (bicyclic) bond motifs is 1. The molecule has 4 rings (SSSR count). The molecule has 0 N–H and O–H groups in total. The molecule has 2 aromatic rings. The van der Waals surface area contributed by atoms with Gasteiger partial charge in [0.1, 0.15) is 5.82 Å². The minimum Gasteiger partial charge on any atom is -0.378 e. The van der Waals surface area contributed by atoms with Crippen LogP contribution in [0, 0.1) is 5.92 Å². The van der Waals surface area contributed by atoms with Crippen LogP contribution >= 0.6 is 0 Å². The van der Waals surface area contributed by atoms with E-state index in [2.05, 4.69) is 34.6 Å². The third-order valence-corrected chi connectivity index (χ3v) is 5.59. The number of amides is 1. The first-order valence-corrected chi connectivity index (χ1v) is 9.79. The molecule has 2 saturated heterocycles. The molecule has 0 bridgehead atoms. The number of hydrogen-bond acceptors (Lipinski definition) is 4. The number of aryl methyl sites for hydroxylation is 1. The normalized spacial score (nSPS) is 22.0. The molecule has 2 fully saturated rings. The van der Waals surface area contributed by atoms with Crippen LogP contribution in [0.25, 0.3) is 11.0 Å². The minimum atomic E-state index is 0.112. The second-order valence-corrected chi connectivity index (χ2v) is 7.27.